The van der Waals surface area contributed by atoms with Crippen LogP contribution in [0.1, 0.15) is 12.5 Å². The largest absolute Gasteiger partial charge is 0.468 e. The summed E-state index contributed by atoms with van der Waals surface area (Å²) in [5.74, 6) is -0.578. The second-order valence-electron chi connectivity index (χ2n) is 3.72. The van der Waals surface area contributed by atoms with Crippen molar-refractivity contribution in [1.29, 1.82) is 5.26 Å². The van der Waals surface area contributed by atoms with Gasteiger partial charge in [-0.05, 0) is 12.5 Å². The van der Waals surface area contributed by atoms with Gasteiger partial charge in [0.15, 0.2) is 11.5 Å². The van der Waals surface area contributed by atoms with Crippen LogP contribution in [0.15, 0.2) is 30.3 Å². The Kier molecular flexibility index (Phi) is 3.85. The molecule has 0 radical (unpaired) electrons. The van der Waals surface area contributed by atoms with Gasteiger partial charge >= 0.3 is 12.0 Å². The lowest BCUT2D eigenvalue weighted by Gasteiger charge is -2.24. The molecule has 0 aliphatic heterocycles. The molecule has 0 amide bonds. The zero-order valence-electron chi connectivity index (χ0n) is 9.68. The maximum Gasteiger partial charge on any atom is 0.326 e. The summed E-state index contributed by atoms with van der Waals surface area (Å²) in [6, 6.07) is 9.50. The number of ether oxygens (including phenoxy) is 1. The Morgan fingerprint density at radius 2 is 2.12 bits per heavy atom. The van der Waals surface area contributed by atoms with Gasteiger partial charge in [-0.2, -0.15) is 5.26 Å². The third kappa shape index (κ3) is 2.11. The van der Waals surface area contributed by atoms with Crippen LogP contribution in [0.2, 0.25) is 0 Å². The number of benzene rings is 1. The summed E-state index contributed by atoms with van der Waals surface area (Å²) in [4.78, 5) is 15.1. The number of esters is 1. The maximum atomic E-state index is 11.9. The van der Waals surface area contributed by atoms with Crippen LogP contribution in [-0.4, -0.2) is 19.1 Å². The summed E-state index contributed by atoms with van der Waals surface area (Å²) < 4.78 is 4.72. The van der Waals surface area contributed by atoms with Crippen LogP contribution in [-0.2, 0) is 14.9 Å². The molecule has 0 spiro atoms. The molecule has 4 heteroatoms. The van der Waals surface area contributed by atoms with E-state index in [2.05, 4.69) is 4.85 Å². The molecule has 2 atom stereocenters. The molecule has 2 unspecified atom stereocenters. The topological polar surface area (TPSA) is 54.5 Å². The fourth-order valence-corrected chi connectivity index (χ4v) is 1.67. The third-order valence-electron chi connectivity index (χ3n) is 2.78. The number of nitrogens with zero attached hydrogens (tertiary/aromatic N) is 2. The van der Waals surface area contributed by atoms with E-state index in [1.54, 1.807) is 37.3 Å². The van der Waals surface area contributed by atoms with Crippen molar-refractivity contribution >= 4 is 5.97 Å². The van der Waals surface area contributed by atoms with E-state index in [9.17, 15) is 4.79 Å². The highest BCUT2D eigenvalue weighted by Crippen LogP contribution is 2.31. The zero-order chi connectivity index (χ0) is 12.9. The highest BCUT2D eigenvalue weighted by Gasteiger charge is 2.49. The van der Waals surface area contributed by atoms with Gasteiger partial charge in [0.2, 0.25) is 0 Å². The monoisotopic (exact) mass is 228 g/mol. The van der Waals surface area contributed by atoms with Crippen LogP contribution in [0.3, 0.4) is 0 Å². The van der Waals surface area contributed by atoms with Gasteiger partial charge in [-0.25, -0.2) is 6.57 Å². The summed E-state index contributed by atoms with van der Waals surface area (Å²) in [7, 11) is 1.25. The smallest absolute Gasteiger partial charge is 0.326 e. The van der Waals surface area contributed by atoms with Gasteiger partial charge in [0.25, 0.3) is 0 Å². The molecule has 0 heterocycles. The molecular weight excluding hydrogens is 216 g/mol. The zero-order valence-corrected chi connectivity index (χ0v) is 9.68. The van der Waals surface area contributed by atoms with E-state index in [-0.39, 0.29) is 0 Å². The van der Waals surface area contributed by atoms with Crippen LogP contribution >= 0.6 is 0 Å². The van der Waals surface area contributed by atoms with Crippen LogP contribution in [0.5, 0.6) is 0 Å². The fourth-order valence-electron chi connectivity index (χ4n) is 1.67. The molecule has 0 aliphatic carbocycles. The van der Waals surface area contributed by atoms with E-state index >= 15 is 0 Å². The molecule has 0 saturated carbocycles. The Balaban J connectivity index is 3.37. The first-order valence-electron chi connectivity index (χ1n) is 5.01. The van der Waals surface area contributed by atoms with Crippen molar-refractivity contribution < 1.29 is 9.53 Å². The quantitative estimate of drug-likeness (QED) is 0.586. The lowest BCUT2D eigenvalue weighted by molar-refractivity contribution is -0.146. The number of hydrogen-bond acceptors (Lipinski definition) is 3. The third-order valence-corrected chi connectivity index (χ3v) is 2.78. The van der Waals surface area contributed by atoms with E-state index < -0.39 is 17.4 Å². The molecule has 86 valence electrons. The normalized spacial score (nSPS) is 14.8. The molecule has 4 nitrogen and oxygen atoms in total. The second-order valence-corrected chi connectivity index (χ2v) is 3.72. The number of methoxy groups -OCH3 is 1. The van der Waals surface area contributed by atoms with Crippen LogP contribution in [0.4, 0.5) is 0 Å². The SMILES string of the molecule is [C-]#[N+]C(C#N)C(C)(C(=O)OC)c1ccccc1. The predicted octanol–water partition coefficient (Wildman–Crippen LogP) is 1.93. The average Bonchev–Trinajstić information content (AvgIpc) is 2.39. The number of rotatable bonds is 3. The first-order valence-corrected chi connectivity index (χ1v) is 5.01. The van der Waals surface area contributed by atoms with Gasteiger partial charge in [-0.15, -0.1) is 0 Å². The van der Waals surface area contributed by atoms with Crippen LogP contribution < -0.4 is 0 Å². The fraction of sp³-hybridized carbons (Fsp3) is 0.308. The van der Waals surface area contributed by atoms with Gasteiger partial charge in [0.05, 0.1) is 7.11 Å². The number of carbonyl (C=O) groups excluding carboxylic acids is 1. The van der Waals surface area contributed by atoms with Crippen molar-refractivity contribution in [2.75, 3.05) is 7.11 Å². The average molecular weight is 228 g/mol. The summed E-state index contributed by atoms with van der Waals surface area (Å²) in [5.41, 5.74) is -0.652. The summed E-state index contributed by atoms with van der Waals surface area (Å²) in [5, 5.41) is 9.00. The van der Waals surface area contributed by atoms with Gasteiger partial charge in [-0.3, -0.25) is 9.64 Å². The first-order chi connectivity index (χ1) is 8.11. The van der Waals surface area contributed by atoms with Crippen molar-refractivity contribution in [3.63, 3.8) is 0 Å². The summed E-state index contributed by atoms with van der Waals surface area (Å²) in [6.45, 7) is 8.58. The lowest BCUT2D eigenvalue weighted by Crippen LogP contribution is -2.42. The van der Waals surface area contributed by atoms with Gasteiger partial charge < -0.3 is 4.74 Å². The molecule has 0 fully saturated rings. The number of hydrogen-bond donors (Lipinski definition) is 0. The van der Waals surface area contributed by atoms with Crippen molar-refractivity contribution in [2.24, 2.45) is 0 Å². The highest BCUT2D eigenvalue weighted by atomic mass is 16.5. The number of carbonyl (C=O) groups is 1. The Morgan fingerprint density at radius 3 is 2.53 bits per heavy atom. The maximum absolute atomic E-state index is 11.9. The minimum Gasteiger partial charge on any atom is -0.468 e. The Labute approximate surface area is 100 Å². The van der Waals surface area contributed by atoms with Crippen molar-refractivity contribution in [3.05, 3.63) is 47.3 Å². The molecule has 1 aromatic carbocycles. The Hall–Kier alpha value is -2.33. The van der Waals surface area contributed by atoms with Crippen molar-refractivity contribution in [1.82, 2.24) is 0 Å². The standard InChI is InChI=1S/C13H12N2O2/c1-13(12(16)17-3,11(9-14)15-2)10-7-5-4-6-8-10/h4-8,11H,1,3H3. The van der Waals surface area contributed by atoms with Crippen LogP contribution in [0, 0.1) is 17.9 Å². The molecular formula is C13H12N2O2. The van der Waals surface area contributed by atoms with E-state index in [0.29, 0.717) is 5.56 Å². The van der Waals surface area contributed by atoms with E-state index in [4.69, 9.17) is 16.6 Å². The Bertz CT molecular complexity index is 470. The highest BCUT2D eigenvalue weighted by molar-refractivity contribution is 5.84. The van der Waals surface area contributed by atoms with E-state index in [1.807, 2.05) is 6.07 Å². The first kappa shape index (κ1) is 12.7. The number of nitriles is 1. The van der Waals surface area contributed by atoms with Crippen molar-refractivity contribution in [3.8, 4) is 6.07 Å². The lowest BCUT2D eigenvalue weighted by atomic mass is 9.76. The molecule has 17 heavy (non-hydrogen) atoms. The van der Waals surface area contributed by atoms with Gasteiger partial charge in [-0.1, -0.05) is 30.3 Å². The molecule has 0 bridgehead atoms. The molecule has 0 saturated heterocycles. The Morgan fingerprint density at radius 1 is 1.53 bits per heavy atom. The van der Waals surface area contributed by atoms with Gasteiger partial charge in [0, 0.05) is 0 Å². The van der Waals surface area contributed by atoms with Crippen molar-refractivity contribution in [2.45, 2.75) is 18.4 Å². The van der Waals surface area contributed by atoms with E-state index in [0.717, 1.165) is 0 Å². The molecule has 0 aliphatic rings. The predicted molar refractivity (Wildman–Crippen MR) is 61.8 cm³/mol. The minimum atomic E-state index is -1.26. The molecule has 1 aromatic rings. The molecule has 0 N–H and O–H groups in total. The minimum absolute atomic E-state index is 0.578. The molecule has 0 aromatic heterocycles. The molecule has 1 rings (SSSR count). The van der Waals surface area contributed by atoms with Gasteiger partial charge in [0.1, 0.15) is 0 Å². The summed E-state index contributed by atoms with van der Waals surface area (Å²) >= 11 is 0. The summed E-state index contributed by atoms with van der Waals surface area (Å²) in [6.07, 6.45) is 0. The van der Waals surface area contributed by atoms with E-state index in [1.165, 1.54) is 7.11 Å². The second kappa shape index (κ2) is 5.14. The van der Waals surface area contributed by atoms with Crippen LogP contribution in [0.25, 0.3) is 4.85 Å².